The van der Waals surface area contributed by atoms with Crippen molar-refractivity contribution in [3.8, 4) is 0 Å². The zero-order valence-electron chi connectivity index (χ0n) is 5.47. The number of halogens is 3. The standard InChI is InChI=1S/C5H7BrF2N2O/c6-4(10-5(7)8)3(1-9)2-11/h1,5,11H,2,9H2/b3-1-,10-4-. The van der Waals surface area contributed by atoms with Crippen LogP contribution in [-0.4, -0.2) is 22.9 Å². The highest BCUT2D eigenvalue weighted by Gasteiger charge is 2.04. The first-order valence-corrected chi connectivity index (χ1v) is 3.44. The van der Waals surface area contributed by atoms with Gasteiger partial charge in [-0.3, -0.25) is 0 Å². The van der Waals surface area contributed by atoms with Gasteiger partial charge in [0.1, 0.15) is 4.62 Å². The second kappa shape index (κ2) is 5.20. The van der Waals surface area contributed by atoms with Crippen molar-refractivity contribution < 1.29 is 13.9 Å². The van der Waals surface area contributed by atoms with E-state index in [0.29, 0.717) is 0 Å². The Labute approximate surface area is 70.7 Å². The highest BCUT2D eigenvalue weighted by Crippen LogP contribution is 2.06. The molecule has 0 aromatic carbocycles. The lowest BCUT2D eigenvalue weighted by atomic mass is 10.3. The van der Waals surface area contributed by atoms with Gasteiger partial charge in [0.15, 0.2) is 0 Å². The van der Waals surface area contributed by atoms with Gasteiger partial charge in [-0.1, -0.05) is 0 Å². The summed E-state index contributed by atoms with van der Waals surface area (Å²) in [7, 11) is 0. The van der Waals surface area contributed by atoms with E-state index in [1.807, 2.05) is 0 Å². The molecular weight excluding hydrogens is 222 g/mol. The molecule has 6 heteroatoms. The number of alkyl halides is 2. The number of hydrogen-bond acceptors (Lipinski definition) is 3. The fourth-order valence-corrected chi connectivity index (χ4v) is 0.768. The summed E-state index contributed by atoms with van der Waals surface area (Å²) < 4.78 is 23.0. The van der Waals surface area contributed by atoms with Gasteiger partial charge in [0.05, 0.1) is 6.61 Å². The van der Waals surface area contributed by atoms with Crippen molar-refractivity contribution in [3.05, 3.63) is 11.8 Å². The third-order valence-corrected chi connectivity index (χ3v) is 1.56. The summed E-state index contributed by atoms with van der Waals surface area (Å²) in [5, 5.41) is 8.51. The van der Waals surface area contributed by atoms with Crippen LogP contribution in [0.3, 0.4) is 0 Å². The van der Waals surface area contributed by atoms with Crippen molar-refractivity contribution in [2.75, 3.05) is 6.61 Å². The average molecular weight is 229 g/mol. The molecule has 0 aromatic rings. The molecule has 64 valence electrons. The molecule has 0 aliphatic carbocycles. The summed E-state index contributed by atoms with van der Waals surface area (Å²) >= 11 is 2.73. The topological polar surface area (TPSA) is 58.6 Å². The van der Waals surface area contributed by atoms with Crippen LogP contribution in [0.15, 0.2) is 16.8 Å². The maximum absolute atomic E-state index is 11.6. The Morgan fingerprint density at radius 3 is 2.55 bits per heavy atom. The summed E-state index contributed by atoms with van der Waals surface area (Å²) in [5.41, 5.74) is 5.11. The van der Waals surface area contributed by atoms with E-state index in [1.165, 1.54) is 0 Å². The van der Waals surface area contributed by atoms with Gasteiger partial charge < -0.3 is 10.8 Å². The fourth-order valence-electron chi connectivity index (χ4n) is 0.355. The van der Waals surface area contributed by atoms with Crippen LogP contribution in [-0.2, 0) is 0 Å². The lowest BCUT2D eigenvalue weighted by Crippen LogP contribution is -2.04. The van der Waals surface area contributed by atoms with Gasteiger partial charge in [-0.15, -0.1) is 0 Å². The minimum absolute atomic E-state index is 0.127. The number of nitrogens with two attached hydrogens (primary N) is 1. The minimum atomic E-state index is -2.80. The first kappa shape index (κ1) is 10.5. The molecule has 0 heterocycles. The molecule has 0 rings (SSSR count). The van der Waals surface area contributed by atoms with Gasteiger partial charge in [-0.25, -0.2) is 4.99 Å². The van der Waals surface area contributed by atoms with Crippen LogP contribution < -0.4 is 5.73 Å². The molecule has 0 bridgehead atoms. The Kier molecular flexibility index (Phi) is 4.97. The molecule has 0 aromatic heterocycles. The minimum Gasteiger partial charge on any atom is -0.404 e. The van der Waals surface area contributed by atoms with Gasteiger partial charge in [0.25, 0.3) is 0 Å². The predicted molar refractivity (Wildman–Crippen MR) is 41.7 cm³/mol. The molecule has 0 unspecified atom stereocenters. The smallest absolute Gasteiger partial charge is 0.332 e. The zero-order chi connectivity index (χ0) is 8.85. The van der Waals surface area contributed by atoms with Gasteiger partial charge in [-0.05, 0) is 15.9 Å². The summed E-state index contributed by atoms with van der Waals surface area (Å²) in [4.78, 5) is 2.81. The molecule has 0 fully saturated rings. The fraction of sp³-hybridized carbons (Fsp3) is 0.400. The van der Waals surface area contributed by atoms with E-state index >= 15 is 0 Å². The normalized spacial score (nSPS) is 14.3. The maximum atomic E-state index is 11.6. The van der Waals surface area contributed by atoms with Gasteiger partial charge in [0, 0.05) is 11.8 Å². The first-order chi connectivity index (χ1) is 5.11. The quantitative estimate of drug-likeness (QED) is 0.556. The summed E-state index contributed by atoms with van der Waals surface area (Å²) in [6, 6.07) is 0. The van der Waals surface area contributed by atoms with Crippen molar-refractivity contribution in [1.82, 2.24) is 0 Å². The molecule has 0 atom stereocenters. The van der Waals surface area contributed by atoms with Crippen LogP contribution in [0.1, 0.15) is 0 Å². The summed E-state index contributed by atoms with van der Waals surface area (Å²) in [6.45, 7) is -3.22. The molecule has 0 saturated carbocycles. The number of rotatable bonds is 3. The van der Waals surface area contributed by atoms with E-state index in [2.05, 4.69) is 20.9 Å². The Bertz CT molecular complexity index is 181. The Morgan fingerprint density at radius 2 is 2.27 bits per heavy atom. The maximum Gasteiger partial charge on any atom is 0.332 e. The molecule has 0 amide bonds. The van der Waals surface area contributed by atoms with Crippen LogP contribution in [0, 0.1) is 0 Å². The first-order valence-electron chi connectivity index (χ1n) is 2.65. The summed E-state index contributed by atoms with van der Waals surface area (Å²) in [6.07, 6.45) is 1.01. The second-order valence-corrected chi connectivity index (χ2v) is 2.30. The van der Waals surface area contributed by atoms with E-state index < -0.39 is 13.2 Å². The van der Waals surface area contributed by atoms with E-state index in [9.17, 15) is 8.78 Å². The lowest BCUT2D eigenvalue weighted by molar-refractivity contribution is 0.160. The van der Waals surface area contributed by atoms with Crippen molar-refractivity contribution in [2.24, 2.45) is 10.7 Å². The van der Waals surface area contributed by atoms with Gasteiger partial charge in [-0.2, -0.15) is 8.78 Å². The molecule has 3 N–H and O–H groups in total. The molecule has 3 nitrogen and oxygen atoms in total. The highest BCUT2D eigenvalue weighted by atomic mass is 79.9. The molecule has 0 aliphatic heterocycles. The Balaban J connectivity index is 4.32. The van der Waals surface area contributed by atoms with Gasteiger partial charge >= 0.3 is 6.55 Å². The molecular formula is C5H7BrF2N2O. The Hall–Kier alpha value is -0.490. The molecule has 0 radical (unpaired) electrons. The van der Waals surface area contributed by atoms with E-state index in [4.69, 9.17) is 10.8 Å². The summed E-state index contributed by atoms with van der Waals surface area (Å²) in [5.74, 6) is 0. The van der Waals surface area contributed by atoms with Crippen LogP contribution in [0.2, 0.25) is 0 Å². The largest absolute Gasteiger partial charge is 0.404 e. The number of hydrogen-bond donors (Lipinski definition) is 2. The van der Waals surface area contributed by atoms with Crippen molar-refractivity contribution in [2.45, 2.75) is 6.55 Å². The second-order valence-electron chi connectivity index (χ2n) is 1.55. The third-order valence-electron chi connectivity index (χ3n) is 0.847. The van der Waals surface area contributed by atoms with Crippen molar-refractivity contribution in [1.29, 1.82) is 0 Å². The van der Waals surface area contributed by atoms with Crippen LogP contribution >= 0.6 is 15.9 Å². The monoisotopic (exact) mass is 228 g/mol. The number of aliphatic hydroxyl groups excluding tert-OH is 1. The third kappa shape index (κ3) is 4.05. The van der Waals surface area contributed by atoms with E-state index in [0.717, 1.165) is 6.20 Å². The Morgan fingerprint density at radius 1 is 1.73 bits per heavy atom. The lowest BCUT2D eigenvalue weighted by Gasteiger charge is -1.98. The van der Waals surface area contributed by atoms with Crippen molar-refractivity contribution in [3.63, 3.8) is 0 Å². The number of nitrogens with zero attached hydrogens (tertiary/aromatic N) is 1. The molecule has 0 saturated heterocycles. The van der Waals surface area contributed by atoms with E-state index in [1.54, 1.807) is 0 Å². The van der Waals surface area contributed by atoms with Crippen LogP contribution in [0.4, 0.5) is 8.78 Å². The van der Waals surface area contributed by atoms with E-state index in [-0.39, 0.29) is 10.2 Å². The number of aliphatic hydroxyl groups is 1. The number of aliphatic imine (C=N–C) groups is 1. The highest BCUT2D eigenvalue weighted by molar-refractivity contribution is 9.18. The SMILES string of the molecule is N/C=C(CO)\C(Br)=N\C(F)F. The zero-order valence-corrected chi connectivity index (χ0v) is 7.05. The molecule has 0 spiro atoms. The molecule has 0 aliphatic rings. The van der Waals surface area contributed by atoms with Crippen molar-refractivity contribution >= 4 is 20.6 Å². The van der Waals surface area contributed by atoms with Gasteiger partial charge in [0.2, 0.25) is 0 Å². The average Bonchev–Trinajstić information content (AvgIpc) is 1.88. The predicted octanol–water partition coefficient (Wildman–Crippen LogP) is 0.837. The molecule has 11 heavy (non-hydrogen) atoms. The van der Waals surface area contributed by atoms with Crippen LogP contribution in [0.5, 0.6) is 0 Å². The van der Waals surface area contributed by atoms with Crippen LogP contribution in [0.25, 0.3) is 0 Å².